The topological polar surface area (TPSA) is 60.9 Å². The van der Waals surface area contributed by atoms with Gasteiger partial charge in [0.2, 0.25) is 5.91 Å². The lowest BCUT2D eigenvalue weighted by molar-refractivity contribution is -0.137. The molecule has 0 fully saturated rings. The van der Waals surface area contributed by atoms with Crippen LogP contribution in [-0.2, 0) is 17.5 Å². The van der Waals surface area contributed by atoms with Crippen molar-refractivity contribution in [2.24, 2.45) is 5.73 Å². The van der Waals surface area contributed by atoms with Crippen LogP contribution in [0.1, 0.15) is 5.56 Å². The maximum atomic E-state index is 13.0. The number of primary amides is 1. The number of nitrogens with two attached hydrogens (primary N) is 1. The molecular formula is C18H14F3N3O. The molecule has 0 unspecified atom stereocenters. The lowest BCUT2D eigenvalue weighted by Crippen LogP contribution is -2.18. The molecule has 128 valence electrons. The number of carbonyl (C=O) groups is 1. The van der Waals surface area contributed by atoms with Gasteiger partial charge in [-0.25, -0.2) is 4.98 Å². The van der Waals surface area contributed by atoms with Crippen molar-refractivity contribution in [3.63, 3.8) is 0 Å². The molecule has 1 heterocycles. The Kier molecular flexibility index (Phi) is 4.31. The average Bonchev–Trinajstić information content (AvgIpc) is 2.98. The molecule has 0 bridgehead atoms. The lowest BCUT2D eigenvalue weighted by atomic mass is 10.0. The van der Waals surface area contributed by atoms with Crippen LogP contribution >= 0.6 is 0 Å². The fraction of sp³-hybridized carbons (Fsp3) is 0.111. The number of imidazole rings is 1. The van der Waals surface area contributed by atoms with Gasteiger partial charge in [0, 0.05) is 11.1 Å². The van der Waals surface area contributed by atoms with Gasteiger partial charge >= 0.3 is 6.18 Å². The first-order valence-electron chi connectivity index (χ1n) is 7.43. The number of benzene rings is 2. The van der Waals surface area contributed by atoms with Crippen molar-refractivity contribution in [3.8, 4) is 22.5 Å². The Morgan fingerprint density at radius 1 is 1.04 bits per heavy atom. The first-order valence-corrected chi connectivity index (χ1v) is 7.43. The molecule has 0 aliphatic rings. The van der Waals surface area contributed by atoms with Gasteiger partial charge in [0.05, 0.1) is 23.3 Å². The fourth-order valence-corrected chi connectivity index (χ4v) is 2.62. The van der Waals surface area contributed by atoms with Crippen molar-refractivity contribution >= 4 is 5.91 Å². The molecule has 2 N–H and O–H groups in total. The highest BCUT2D eigenvalue weighted by Crippen LogP contribution is 2.35. The van der Waals surface area contributed by atoms with E-state index in [1.807, 2.05) is 6.07 Å². The van der Waals surface area contributed by atoms with Crippen LogP contribution in [-0.4, -0.2) is 15.5 Å². The molecular weight excluding hydrogens is 331 g/mol. The number of hydrogen-bond acceptors (Lipinski definition) is 2. The molecule has 1 amide bonds. The molecule has 0 aliphatic heterocycles. The molecule has 0 atom stereocenters. The monoisotopic (exact) mass is 345 g/mol. The number of alkyl halides is 3. The Bertz CT molecular complexity index is 901. The van der Waals surface area contributed by atoms with Crippen LogP contribution in [0, 0.1) is 0 Å². The quantitative estimate of drug-likeness (QED) is 0.783. The largest absolute Gasteiger partial charge is 0.416 e. The summed E-state index contributed by atoms with van der Waals surface area (Å²) in [4.78, 5) is 15.6. The van der Waals surface area contributed by atoms with E-state index < -0.39 is 17.6 Å². The predicted molar refractivity (Wildman–Crippen MR) is 87.3 cm³/mol. The van der Waals surface area contributed by atoms with E-state index in [2.05, 4.69) is 4.98 Å². The Morgan fingerprint density at radius 3 is 2.36 bits per heavy atom. The van der Waals surface area contributed by atoms with E-state index in [0.29, 0.717) is 17.0 Å². The SMILES string of the molecule is NC(=O)Cn1cnc(-c2ccccc2)c1-c1cccc(C(F)(F)F)c1. The molecule has 0 saturated carbocycles. The highest BCUT2D eigenvalue weighted by Gasteiger charge is 2.31. The summed E-state index contributed by atoms with van der Waals surface area (Å²) in [6.07, 6.45) is -3.06. The van der Waals surface area contributed by atoms with Gasteiger partial charge in [-0.05, 0) is 12.1 Å². The molecule has 25 heavy (non-hydrogen) atoms. The third-order valence-corrected chi connectivity index (χ3v) is 3.67. The van der Waals surface area contributed by atoms with Crippen LogP contribution in [0.4, 0.5) is 13.2 Å². The maximum Gasteiger partial charge on any atom is 0.416 e. The molecule has 7 heteroatoms. The van der Waals surface area contributed by atoms with Gasteiger partial charge in [0.25, 0.3) is 0 Å². The zero-order chi connectivity index (χ0) is 18.0. The summed E-state index contributed by atoms with van der Waals surface area (Å²) in [6, 6.07) is 14.0. The summed E-state index contributed by atoms with van der Waals surface area (Å²) in [6.45, 7) is -0.175. The van der Waals surface area contributed by atoms with E-state index in [4.69, 9.17) is 5.73 Å². The molecule has 3 aromatic rings. The van der Waals surface area contributed by atoms with Crippen LogP contribution in [0.5, 0.6) is 0 Å². The van der Waals surface area contributed by atoms with E-state index in [1.165, 1.54) is 17.0 Å². The van der Waals surface area contributed by atoms with Crippen LogP contribution in [0.15, 0.2) is 60.9 Å². The number of rotatable bonds is 4. The zero-order valence-corrected chi connectivity index (χ0v) is 13.0. The molecule has 3 rings (SSSR count). The molecule has 0 saturated heterocycles. The first kappa shape index (κ1) is 16.8. The van der Waals surface area contributed by atoms with E-state index in [9.17, 15) is 18.0 Å². The normalized spacial score (nSPS) is 11.5. The highest BCUT2D eigenvalue weighted by atomic mass is 19.4. The van der Waals surface area contributed by atoms with Gasteiger partial charge in [0.15, 0.2) is 0 Å². The van der Waals surface area contributed by atoms with Gasteiger partial charge < -0.3 is 10.3 Å². The zero-order valence-electron chi connectivity index (χ0n) is 13.0. The van der Waals surface area contributed by atoms with E-state index >= 15 is 0 Å². The smallest absolute Gasteiger partial charge is 0.368 e. The summed E-state index contributed by atoms with van der Waals surface area (Å²) < 4.78 is 40.6. The minimum absolute atomic E-state index is 0.175. The lowest BCUT2D eigenvalue weighted by Gasteiger charge is -2.12. The molecule has 2 aromatic carbocycles. The van der Waals surface area contributed by atoms with Gasteiger partial charge in [-0.3, -0.25) is 4.79 Å². The van der Waals surface area contributed by atoms with Crippen molar-refractivity contribution in [3.05, 3.63) is 66.5 Å². The maximum absolute atomic E-state index is 13.0. The summed E-state index contributed by atoms with van der Waals surface area (Å²) in [5, 5.41) is 0. The minimum atomic E-state index is -4.46. The summed E-state index contributed by atoms with van der Waals surface area (Å²) in [7, 11) is 0. The highest BCUT2D eigenvalue weighted by molar-refractivity contribution is 5.81. The van der Waals surface area contributed by atoms with Gasteiger partial charge in [-0.15, -0.1) is 0 Å². The van der Waals surface area contributed by atoms with Gasteiger partial charge in [-0.2, -0.15) is 13.2 Å². The number of nitrogens with zero attached hydrogens (tertiary/aromatic N) is 2. The van der Waals surface area contributed by atoms with E-state index in [0.717, 1.165) is 17.7 Å². The average molecular weight is 345 g/mol. The van der Waals surface area contributed by atoms with Crippen LogP contribution in [0.3, 0.4) is 0 Å². The second kappa shape index (κ2) is 6.43. The number of aromatic nitrogens is 2. The number of hydrogen-bond donors (Lipinski definition) is 1. The second-order valence-corrected chi connectivity index (χ2v) is 5.48. The molecule has 0 spiro atoms. The van der Waals surface area contributed by atoms with Gasteiger partial charge in [0.1, 0.15) is 6.54 Å². The molecule has 1 aromatic heterocycles. The Hall–Kier alpha value is -3.09. The number of halogens is 3. The molecule has 0 radical (unpaired) electrons. The van der Waals surface area contributed by atoms with E-state index in [1.54, 1.807) is 30.3 Å². The van der Waals surface area contributed by atoms with Crippen molar-refractivity contribution in [1.29, 1.82) is 0 Å². The Labute approximate surface area is 141 Å². The number of amides is 1. The standard InChI is InChI=1S/C18H14F3N3O/c19-18(20,21)14-8-4-7-13(9-14)17-16(12-5-2-1-3-6-12)23-11-24(17)10-15(22)25/h1-9,11H,10H2,(H2,22,25). The second-order valence-electron chi connectivity index (χ2n) is 5.48. The van der Waals surface area contributed by atoms with Crippen molar-refractivity contribution < 1.29 is 18.0 Å². The van der Waals surface area contributed by atoms with Crippen molar-refractivity contribution in [2.75, 3.05) is 0 Å². The third-order valence-electron chi connectivity index (χ3n) is 3.67. The van der Waals surface area contributed by atoms with Crippen LogP contribution < -0.4 is 5.73 Å². The minimum Gasteiger partial charge on any atom is -0.368 e. The van der Waals surface area contributed by atoms with Crippen molar-refractivity contribution in [1.82, 2.24) is 9.55 Å². The van der Waals surface area contributed by atoms with E-state index in [-0.39, 0.29) is 6.54 Å². The summed E-state index contributed by atoms with van der Waals surface area (Å²) >= 11 is 0. The third kappa shape index (κ3) is 3.55. The van der Waals surface area contributed by atoms with Gasteiger partial charge in [-0.1, -0.05) is 42.5 Å². The first-order chi connectivity index (χ1) is 11.9. The fourth-order valence-electron chi connectivity index (χ4n) is 2.62. The number of carbonyl (C=O) groups excluding carboxylic acids is 1. The molecule has 4 nitrogen and oxygen atoms in total. The van der Waals surface area contributed by atoms with Crippen LogP contribution in [0.2, 0.25) is 0 Å². The van der Waals surface area contributed by atoms with Crippen molar-refractivity contribution in [2.45, 2.75) is 12.7 Å². The Morgan fingerprint density at radius 2 is 1.72 bits per heavy atom. The summed E-state index contributed by atoms with van der Waals surface area (Å²) in [5.74, 6) is -0.606. The summed E-state index contributed by atoms with van der Waals surface area (Å²) in [5.41, 5.74) is 6.43. The van der Waals surface area contributed by atoms with Crippen LogP contribution in [0.25, 0.3) is 22.5 Å². The predicted octanol–water partition coefficient (Wildman–Crippen LogP) is 3.72. The molecule has 0 aliphatic carbocycles. The Balaban J connectivity index is 2.19.